The molecule has 34 heavy (non-hydrogen) atoms. The highest BCUT2D eigenvalue weighted by Gasteiger charge is 2.39. The molecule has 200 valence electrons. The Kier molecular flexibility index (Phi) is 24.5. The van der Waals surface area contributed by atoms with Crippen molar-refractivity contribution in [3.05, 3.63) is 0 Å². The molecule has 0 aromatic rings. The number of rotatable bonds is 20. The largest absolute Gasteiger partial charge is 0.481 e. The Hall–Kier alpha value is -1.02. The summed E-state index contributed by atoms with van der Waals surface area (Å²) in [6.07, 6.45) is 16.7. The van der Waals surface area contributed by atoms with Gasteiger partial charge in [0.15, 0.2) is 14.3 Å². The fourth-order valence-corrected chi connectivity index (χ4v) is 5.36. The minimum absolute atomic E-state index is 0.125. The molecular weight excluding hydrogens is 472 g/mol. The summed E-state index contributed by atoms with van der Waals surface area (Å²) in [5.41, 5.74) is 0. The first-order valence-electron chi connectivity index (χ1n) is 13.0. The number of carboxylic acid groups (broad SMARTS) is 2. The Morgan fingerprint density at radius 2 is 0.882 bits per heavy atom. The van der Waals surface area contributed by atoms with E-state index in [4.69, 9.17) is 5.11 Å². The number of carboxylic acids is 2. The fraction of sp³-hybridized carbons (Fsp3) is 0.846. The second kappa shape index (κ2) is 23.7. The summed E-state index contributed by atoms with van der Waals surface area (Å²) in [6, 6.07) is 0. The Labute approximate surface area is 215 Å². The number of carbonyl (C=O) groups excluding carboxylic acids is 2. The maximum absolute atomic E-state index is 12.2. The van der Waals surface area contributed by atoms with Crippen LogP contribution in [0.15, 0.2) is 0 Å². The summed E-state index contributed by atoms with van der Waals surface area (Å²) in [4.78, 5) is 45.5. The van der Waals surface area contributed by atoms with Gasteiger partial charge in [0.25, 0.3) is 0 Å². The molecule has 6 nitrogen and oxygen atoms in total. The van der Waals surface area contributed by atoms with E-state index < -0.39 is 16.0 Å². The molecule has 0 aliphatic carbocycles. The quantitative estimate of drug-likeness (QED) is 0.122. The molecule has 0 bridgehead atoms. The molecule has 0 saturated carbocycles. The van der Waals surface area contributed by atoms with E-state index in [1.54, 1.807) is 6.92 Å². The third kappa shape index (κ3) is 22.8. The van der Waals surface area contributed by atoms with E-state index in [0.29, 0.717) is 12.8 Å². The highest BCUT2D eigenvalue weighted by molar-refractivity contribution is 8.31. The fourth-order valence-electron chi connectivity index (χ4n) is 3.10. The number of hydrogen-bond donors (Lipinski definition) is 2. The summed E-state index contributed by atoms with van der Waals surface area (Å²) in [7, 11) is 0. The van der Waals surface area contributed by atoms with Crippen LogP contribution < -0.4 is 0 Å². The lowest BCUT2D eigenvalue weighted by Crippen LogP contribution is -2.30. The molecular formula is C26H48O6S2. The van der Waals surface area contributed by atoms with Crippen LogP contribution in [0.25, 0.3) is 0 Å². The van der Waals surface area contributed by atoms with Gasteiger partial charge in [-0.15, -0.1) is 0 Å². The van der Waals surface area contributed by atoms with Gasteiger partial charge in [0.2, 0.25) is 0 Å². The first kappa shape index (κ1) is 35.1. The molecule has 0 aromatic heterocycles. The van der Waals surface area contributed by atoms with Gasteiger partial charge in [-0.05, 0) is 19.8 Å². The summed E-state index contributed by atoms with van der Waals surface area (Å²) >= 11 is 1.62. The lowest BCUT2D eigenvalue weighted by molar-refractivity contribution is -0.137. The predicted octanol–water partition coefficient (Wildman–Crippen LogP) is 8.07. The Morgan fingerprint density at radius 1 is 0.588 bits per heavy atom. The van der Waals surface area contributed by atoms with E-state index in [-0.39, 0.29) is 16.7 Å². The molecule has 0 fully saturated rings. The van der Waals surface area contributed by atoms with Crippen molar-refractivity contribution in [1.29, 1.82) is 0 Å². The Balaban J connectivity index is 0. The molecule has 0 atom stereocenters. The molecule has 0 saturated heterocycles. The summed E-state index contributed by atoms with van der Waals surface area (Å²) in [6.45, 7) is 7.46. The van der Waals surface area contributed by atoms with E-state index >= 15 is 0 Å². The molecule has 2 N–H and O–H groups in total. The average molecular weight is 521 g/mol. The van der Waals surface area contributed by atoms with Gasteiger partial charge in [0, 0.05) is 19.3 Å². The molecule has 0 heterocycles. The number of thioether (sulfide) groups is 2. The molecule has 0 aliphatic heterocycles. The standard InChI is InChI=1S/C23H42O4S2.C3H6O2/c1-4-6-8-10-12-14-16-18-20(24)28-23(3,22(26)27)29-21(25)19-17-15-13-11-9-7-5-2;1-2-3(4)5/h4-19H2,1-3H3,(H,26,27);2H2,1H3,(H,4,5). The maximum atomic E-state index is 12.2. The molecule has 0 aromatic carbocycles. The second-order valence-corrected chi connectivity index (χ2v) is 11.9. The van der Waals surface area contributed by atoms with Gasteiger partial charge in [-0.3, -0.25) is 14.4 Å². The lowest BCUT2D eigenvalue weighted by Gasteiger charge is -2.21. The molecule has 0 spiro atoms. The van der Waals surface area contributed by atoms with Crippen LogP contribution in [0, 0.1) is 0 Å². The summed E-state index contributed by atoms with van der Waals surface area (Å²) in [5.74, 6) is -1.85. The first-order chi connectivity index (χ1) is 16.1. The lowest BCUT2D eigenvalue weighted by atomic mass is 10.1. The maximum Gasteiger partial charge on any atom is 0.330 e. The van der Waals surface area contributed by atoms with Gasteiger partial charge in [0.05, 0.1) is 0 Å². The number of unbranched alkanes of at least 4 members (excludes halogenated alkanes) is 12. The highest BCUT2D eigenvalue weighted by Crippen LogP contribution is 2.40. The van der Waals surface area contributed by atoms with E-state index in [9.17, 15) is 24.3 Å². The van der Waals surface area contributed by atoms with E-state index in [2.05, 4.69) is 13.8 Å². The number of aliphatic carboxylic acids is 2. The van der Waals surface area contributed by atoms with Crippen molar-refractivity contribution in [1.82, 2.24) is 0 Å². The summed E-state index contributed by atoms with van der Waals surface area (Å²) < 4.78 is -1.42. The van der Waals surface area contributed by atoms with Gasteiger partial charge >= 0.3 is 11.9 Å². The Morgan fingerprint density at radius 3 is 1.15 bits per heavy atom. The zero-order valence-corrected chi connectivity index (χ0v) is 23.5. The van der Waals surface area contributed by atoms with Gasteiger partial charge < -0.3 is 10.2 Å². The SMILES string of the molecule is CCC(=O)O.CCCCCCCCCC(=O)SC(C)(SC(=O)CCCCCCCCC)C(=O)O. The predicted molar refractivity (Wildman–Crippen MR) is 144 cm³/mol. The van der Waals surface area contributed by atoms with Gasteiger partial charge in [-0.2, -0.15) is 0 Å². The molecule has 0 radical (unpaired) electrons. The zero-order valence-electron chi connectivity index (χ0n) is 21.9. The van der Waals surface area contributed by atoms with Gasteiger partial charge in [-0.1, -0.05) is 121 Å². The Bertz CT molecular complexity index is 533. The molecule has 0 rings (SSSR count). The smallest absolute Gasteiger partial charge is 0.330 e. The number of carbonyl (C=O) groups is 4. The van der Waals surface area contributed by atoms with Gasteiger partial charge in [-0.25, -0.2) is 4.79 Å². The van der Waals surface area contributed by atoms with Crippen molar-refractivity contribution >= 4 is 45.7 Å². The minimum Gasteiger partial charge on any atom is -0.481 e. The summed E-state index contributed by atoms with van der Waals surface area (Å²) in [5, 5.41) is 17.0. The van der Waals surface area contributed by atoms with Gasteiger partial charge in [0.1, 0.15) is 0 Å². The highest BCUT2D eigenvalue weighted by atomic mass is 32.2. The van der Waals surface area contributed by atoms with E-state index in [1.807, 2.05) is 0 Å². The van der Waals surface area contributed by atoms with Crippen LogP contribution in [0.5, 0.6) is 0 Å². The molecule has 0 aliphatic rings. The minimum atomic E-state index is -1.42. The van der Waals surface area contributed by atoms with Crippen molar-refractivity contribution in [3.63, 3.8) is 0 Å². The monoisotopic (exact) mass is 520 g/mol. The normalized spacial score (nSPS) is 10.9. The topological polar surface area (TPSA) is 109 Å². The van der Waals surface area contributed by atoms with Crippen molar-refractivity contribution in [2.45, 2.75) is 141 Å². The first-order valence-corrected chi connectivity index (χ1v) is 14.6. The van der Waals surface area contributed by atoms with Crippen LogP contribution in [0.4, 0.5) is 0 Å². The van der Waals surface area contributed by atoms with Crippen molar-refractivity contribution in [2.75, 3.05) is 0 Å². The van der Waals surface area contributed by atoms with Crippen LogP contribution >= 0.6 is 23.5 Å². The van der Waals surface area contributed by atoms with Crippen LogP contribution in [0.2, 0.25) is 0 Å². The third-order valence-corrected chi connectivity index (χ3v) is 7.77. The zero-order chi connectivity index (χ0) is 26.2. The second-order valence-electron chi connectivity index (χ2n) is 8.69. The third-order valence-electron chi connectivity index (χ3n) is 5.28. The van der Waals surface area contributed by atoms with E-state index in [1.165, 1.54) is 58.3 Å². The van der Waals surface area contributed by atoms with Crippen LogP contribution in [0.3, 0.4) is 0 Å². The van der Waals surface area contributed by atoms with Crippen LogP contribution in [-0.4, -0.2) is 36.5 Å². The van der Waals surface area contributed by atoms with Crippen LogP contribution in [0.1, 0.15) is 137 Å². The molecule has 8 heteroatoms. The van der Waals surface area contributed by atoms with Crippen molar-refractivity contribution < 1.29 is 29.4 Å². The number of hydrogen-bond acceptors (Lipinski definition) is 6. The van der Waals surface area contributed by atoms with E-state index in [0.717, 1.165) is 62.0 Å². The van der Waals surface area contributed by atoms with Crippen molar-refractivity contribution in [3.8, 4) is 0 Å². The average Bonchev–Trinajstić information content (AvgIpc) is 2.78. The van der Waals surface area contributed by atoms with Crippen molar-refractivity contribution in [2.24, 2.45) is 0 Å². The molecule has 0 unspecified atom stereocenters. The molecule has 0 amide bonds. The van der Waals surface area contributed by atoms with Crippen LogP contribution in [-0.2, 0) is 19.2 Å².